The van der Waals surface area contributed by atoms with E-state index < -0.39 is 0 Å². The number of thioether (sulfide) groups is 1. The second-order valence-electron chi connectivity index (χ2n) is 8.65. The minimum atomic E-state index is -0.0148. The maximum Gasteiger partial charge on any atom is 0.266 e. The molecule has 35 heavy (non-hydrogen) atoms. The van der Waals surface area contributed by atoms with Gasteiger partial charge in [0.2, 0.25) is 0 Å². The van der Waals surface area contributed by atoms with Crippen LogP contribution in [0.3, 0.4) is 0 Å². The second-order valence-corrected chi connectivity index (χ2v) is 10.3. The van der Waals surface area contributed by atoms with Crippen LogP contribution in [-0.2, 0) is 4.79 Å². The topological polar surface area (TPSA) is 47.4 Å². The molecule has 1 aliphatic rings. The number of benzene rings is 2. The Kier molecular flexibility index (Phi) is 8.42. The van der Waals surface area contributed by atoms with Crippen molar-refractivity contribution in [1.82, 2.24) is 14.7 Å². The number of nitrogens with zero attached hydrogens (tertiary/aromatic N) is 3. The summed E-state index contributed by atoms with van der Waals surface area (Å²) < 4.78 is 7.91. The third kappa shape index (κ3) is 5.85. The van der Waals surface area contributed by atoms with Gasteiger partial charge in [0.1, 0.15) is 15.8 Å². The molecule has 0 unspecified atom stereocenters. The zero-order valence-electron chi connectivity index (χ0n) is 20.4. The predicted octanol–water partition coefficient (Wildman–Crippen LogP) is 6.97. The van der Waals surface area contributed by atoms with Crippen molar-refractivity contribution in [3.63, 3.8) is 0 Å². The van der Waals surface area contributed by atoms with Crippen LogP contribution in [0.1, 0.15) is 45.1 Å². The number of carbonyl (C=O) groups excluding carboxylic acids is 1. The van der Waals surface area contributed by atoms with Gasteiger partial charge in [-0.25, -0.2) is 4.68 Å². The average Bonchev–Trinajstić information content (AvgIpc) is 3.43. The lowest BCUT2D eigenvalue weighted by molar-refractivity contribution is -0.122. The maximum absolute atomic E-state index is 13.4. The number of ether oxygens (including phenoxy) is 1. The zero-order valence-corrected chi connectivity index (χ0v) is 22.1. The van der Waals surface area contributed by atoms with Crippen LogP contribution in [-0.4, -0.2) is 38.6 Å². The second kappa shape index (κ2) is 11.7. The van der Waals surface area contributed by atoms with E-state index in [1.807, 2.05) is 71.6 Å². The Morgan fingerprint density at radius 1 is 1.14 bits per heavy atom. The number of aromatic nitrogens is 2. The molecule has 1 aromatic heterocycles. The third-order valence-corrected chi connectivity index (χ3v) is 7.63. The Labute approximate surface area is 217 Å². The van der Waals surface area contributed by atoms with Crippen LogP contribution in [0.5, 0.6) is 5.75 Å². The van der Waals surface area contributed by atoms with Crippen molar-refractivity contribution >= 4 is 40.3 Å². The van der Waals surface area contributed by atoms with Crippen molar-refractivity contribution in [1.29, 1.82) is 0 Å². The summed E-state index contributed by atoms with van der Waals surface area (Å²) >= 11 is 7.00. The first-order valence-corrected chi connectivity index (χ1v) is 13.3. The van der Waals surface area contributed by atoms with Gasteiger partial charge < -0.3 is 4.74 Å². The van der Waals surface area contributed by atoms with E-state index in [-0.39, 0.29) is 5.91 Å². The minimum Gasteiger partial charge on any atom is -0.497 e. The summed E-state index contributed by atoms with van der Waals surface area (Å²) in [6, 6.07) is 17.8. The van der Waals surface area contributed by atoms with Crippen LogP contribution in [0.15, 0.2) is 65.7 Å². The molecule has 7 heteroatoms. The normalized spacial score (nSPS) is 15.7. The maximum atomic E-state index is 13.4. The van der Waals surface area contributed by atoms with Crippen molar-refractivity contribution in [2.75, 3.05) is 13.7 Å². The highest BCUT2D eigenvalue weighted by atomic mass is 32.2. The Balaban J connectivity index is 1.69. The van der Waals surface area contributed by atoms with E-state index in [9.17, 15) is 4.79 Å². The molecule has 0 saturated carbocycles. The fourth-order valence-electron chi connectivity index (χ4n) is 4.17. The molecular weight excluding hydrogens is 474 g/mol. The number of para-hydroxylation sites is 1. The first-order valence-electron chi connectivity index (χ1n) is 12.1. The van der Waals surface area contributed by atoms with E-state index in [1.54, 1.807) is 12.0 Å². The minimum absolute atomic E-state index is 0.0148. The number of methoxy groups -OCH3 is 1. The molecule has 3 aromatic rings. The Morgan fingerprint density at radius 2 is 1.94 bits per heavy atom. The van der Waals surface area contributed by atoms with Gasteiger partial charge in [0.05, 0.1) is 17.7 Å². The van der Waals surface area contributed by atoms with Crippen LogP contribution >= 0.6 is 24.0 Å². The van der Waals surface area contributed by atoms with E-state index in [0.29, 0.717) is 21.7 Å². The summed E-state index contributed by atoms with van der Waals surface area (Å²) in [7, 11) is 1.65. The molecule has 0 aliphatic carbocycles. The van der Waals surface area contributed by atoms with Crippen molar-refractivity contribution in [2.45, 2.75) is 39.5 Å². The number of hydrogen-bond acceptors (Lipinski definition) is 5. The van der Waals surface area contributed by atoms with Gasteiger partial charge in [-0.05, 0) is 42.7 Å². The van der Waals surface area contributed by atoms with Gasteiger partial charge in [0.15, 0.2) is 0 Å². The molecule has 1 saturated heterocycles. The molecule has 4 rings (SSSR count). The lowest BCUT2D eigenvalue weighted by Crippen LogP contribution is -2.33. The largest absolute Gasteiger partial charge is 0.497 e. The zero-order chi connectivity index (χ0) is 24.8. The number of thiocarbonyl (C=S) groups is 1. The van der Waals surface area contributed by atoms with E-state index in [2.05, 4.69) is 13.8 Å². The fraction of sp³-hybridized carbons (Fsp3) is 0.321. The fourth-order valence-corrected chi connectivity index (χ4v) is 5.44. The molecule has 1 amide bonds. The first kappa shape index (κ1) is 25.2. The summed E-state index contributed by atoms with van der Waals surface area (Å²) in [5.41, 5.74) is 3.52. The summed E-state index contributed by atoms with van der Waals surface area (Å²) in [4.78, 5) is 15.8. The lowest BCUT2D eigenvalue weighted by atomic mass is 9.99. The summed E-state index contributed by atoms with van der Waals surface area (Å²) in [6.07, 6.45) is 8.38. The summed E-state index contributed by atoms with van der Waals surface area (Å²) in [5, 5.41) is 4.88. The van der Waals surface area contributed by atoms with Crippen molar-refractivity contribution in [2.24, 2.45) is 5.92 Å². The van der Waals surface area contributed by atoms with Crippen LogP contribution in [0, 0.1) is 5.92 Å². The van der Waals surface area contributed by atoms with Crippen molar-refractivity contribution in [3.8, 4) is 22.7 Å². The Morgan fingerprint density at radius 3 is 2.66 bits per heavy atom. The molecule has 1 fully saturated rings. The van der Waals surface area contributed by atoms with Gasteiger partial charge in [-0.3, -0.25) is 9.69 Å². The highest BCUT2D eigenvalue weighted by Gasteiger charge is 2.33. The standard InChI is InChI=1S/C28H31N3O2S2/c1-4-6-11-20(5-2)18-30-27(32)25(35-28(30)34)17-22-19-31(23-13-8-7-9-14-23)29-26(22)21-12-10-15-24(16-21)33-3/h7-10,12-17,19-20H,4-6,11,18H2,1-3H3/b25-17-/t20-/m1/s1. The number of rotatable bonds is 10. The molecule has 182 valence electrons. The van der Waals surface area contributed by atoms with Gasteiger partial charge in [0.25, 0.3) is 5.91 Å². The molecule has 0 radical (unpaired) electrons. The predicted molar refractivity (Wildman–Crippen MR) is 149 cm³/mol. The number of amides is 1. The van der Waals surface area contributed by atoms with Gasteiger partial charge in [-0.15, -0.1) is 0 Å². The smallest absolute Gasteiger partial charge is 0.266 e. The molecule has 1 atom stereocenters. The highest BCUT2D eigenvalue weighted by Crippen LogP contribution is 2.36. The van der Waals surface area contributed by atoms with Gasteiger partial charge >= 0.3 is 0 Å². The van der Waals surface area contributed by atoms with Crippen molar-refractivity contribution in [3.05, 3.63) is 71.3 Å². The highest BCUT2D eigenvalue weighted by molar-refractivity contribution is 8.26. The summed E-state index contributed by atoms with van der Waals surface area (Å²) in [5.74, 6) is 1.20. The Hall–Kier alpha value is -2.90. The third-order valence-electron chi connectivity index (χ3n) is 6.25. The summed E-state index contributed by atoms with van der Waals surface area (Å²) in [6.45, 7) is 5.07. The number of hydrogen-bond donors (Lipinski definition) is 0. The molecule has 5 nitrogen and oxygen atoms in total. The number of unbranched alkanes of at least 4 members (excludes halogenated alkanes) is 1. The Bertz CT molecular complexity index is 1220. The molecule has 1 aliphatic heterocycles. The van der Waals surface area contributed by atoms with Crippen LogP contribution in [0.25, 0.3) is 23.0 Å². The van der Waals surface area contributed by atoms with E-state index in [1.165, 1.54) is 18.2 Å². The van der Waals surface area contributed by atoms with E-state index in [0.717, 1.165) is 47.5 Å². The number of carbonyl (C=O) groups is 1. The molecular formula is C28H31N3O2S2. The van der Waals surface area contributed by atoms with Crippen molar-refractivity contribution < 1.29 is 9.53 Å². The molecule has 0 spiro atoms. The molecule has 2 heterocycles. The van der Waals surface area contributed by atoms with Crippen LogP contribution < -0.4 is 4.74 Å². The average molecular weight is 506 g/mol. The van der Waals surface area contributed by atoms with Crippen LogP contribution in [0.4, 0.5) is 0 Å². The first-order chi connectivity index (χ1) is 17.0. The molecule has 0 N–H and O–H groups in total. The van der Waals surface area contributed by atoms with E-state index >= 15 is 0 Å². The quantitative estimate of drug-likeness (QED) is 0.220. The van der Waals surface area contributed by atoms with Gasteiger partial charge in [-0.1, -0.05) is 87.4 Å². The monoisotopic (exact) mass is 505 g/mol. The van der Waals surface area contributed by atoms with Crippen LogP contribution in [0.2, 0.25) is 0 Å². The molecule has 2 aromatic carbocycles. The van der Waals surface area contributed by atoms with E-state index in [4.69, 9.17) is 22.1 Å². The molecule has 0 bridgehead atoms. The van der Waals surface area contributed by atoms with Gasteiger partial charge in [0, 0.05) is 23.9 Å². The van der Waals surface area contributed by atoms with Gasteiger partial charge in [-0.2, -0.15) is 5.10 Å². The SMILES string of the molecule is CCCC[C@@H](CC)CN1C(=O)/C(=C/c2cn(-c3ccccc3)nc2-c2cccc(OC)c2)SC1=S. The lowest BCUT2D eigenvalue weighted by Gasteiger charge is -2.21.